The van der Waals surface area contributed by atoms with Gasteiger partial charge in [0, 0.05) is 0 Å². The van der Waals surface area contributed by atoms with Crippen LogP contribution in [0, 0.1) is 0 Å². The molecule has 1 aromatic rings. The zero-order valence-electron chi connectivity index (χ0n) is 14.6. The van der Waals surface area contributed by atoms with Crippen LogP contribution in [-0.2, 0) is 4.43 Å². The van der Waals surface area contributed by atoms with Gasteiger partial charge in [0.25, 0.3) is 0 Å². The van der Waals surface area contributed by atoms with E-state index in [0.717, 1.165) is 12.0 Å². The van der Waals surface area contributed by atoms with Crippen LogP contribution >= 0.6 is 0 Å². The lowest BCUT2D eigenvalue weighted by atomic mass is 10.1. The number of carbonyl (C=O) groups is 1. The van der Waals surface area contributed by atoms with Crippen molar-refractivity contribution in [3.63, 3.8) is 0 Å². The molecular formula is C18H28O3Si. The van der Waals surface area contributed by atoms with Crippen molar-refractivity contribution in [1.29, 1.82) is 0 Å². The molecule has 122 valence electrons. The molecule has 0 aliphatic heterocycles. The summed E-state index contributed by atoms with van der Waals surface area (Å²) in [5.74, 6) is 1.03. The van der Waals surface area contributed by atoms with Crippen molar-refractivity contribution in [2.75, 3.05) is 0 Å². The maximum absolute atomic E-state index is 10.6. The third kappa shape index (κ3) is 5.11. The minimum atomic E-state index is -1.82. The lowest BCUT2D eigenvalue weighted by Crippen LogP contribution is -2.43. The van der Waals surface area contributed by atoms with Crippen LogP contribution in [0.25, 0.3) is 6.08 Å². The molecule has 0 unspecified atom stereocenters. The summed E-state index contributed by atoms with van der Waals surface area (Å²) in [4.78, 5) is 10.6. The van der Waals surface area contributed by atoms with E-state index < -0.39 is 8.32 Å². The average Bonchev–Trinajstić information content (AvgIpc) is 2.83. The maximum Gasteiger partial charge on any atom is 0.192 e. The van der Waals surface area contributed by atoms with E-state index in [4.69, 9.17) is 8.84 Å². The summed E-state index contributed by atoms with van der Waals surface area (Å²) >= 11 is 0. The molecule has 0 saturated carbocycles. The van der Waals surface area contributed by atoms with Crippen molar-refractivity contribution in [1.82, 2.24) is 0 Å². The monoisotopic (exact) mass is 320 g/mol. The second-order valence-corrected chi connectivity index (χ2v) is 12.0. The Hall–Kier alpha value is -1.39. The van der Waals surface area contributed by atoms with Crippen LogP contribution in [-0.4, -0.2) is 20.7 Å². The lowest BCUT2D eigenvalue weighted by Gasteiger charge is -2.38. The number of aldehydes is 1. The number of rotatable bonds is 7. The van der Waals surface area contributed by atoms with Crippen molar-refractivity contribution in [3.8, 4) is 0 Å². The van der Waals surface area contributed by atoms with Crippen molar-refractivity contribution in [3.05, 3.63) is 41.9 Å². The minimum absolute atomic E-state index is 0.00218. The van der Waals surface area contributed by atoms with Crippen LogP contribution in [0.4, 0.5) is 0 Å². The molecule has 0 radical (unpaired) electrons. The van der Waals surface area contributed by atoms with Gasteiger partial charge in [0.05, 0.1) is 6.10 Å². The standard InChI is InChI=1S/C18H28O3Si/c1-8-15(21-22(6,7)18(3,4)5)11-14(2)12-16-9-10-17(13-19)20-16/h8-10,12-13,15H,1,11H2,2-7H3/b14-12+/t15-/m1/s1. The molecule has 0 N–H and O–H groups in total. The molecular weight excluding hydrogens is 292 g/mol. The third-order valence-electron chi connectivity index (χ3n) is 4.19. The number of furan rings is 1. The van der Waals surface area contributed by atoms with E-state index in [1.807, 2.05) is 19.1 Å². The van der Waals surface area contributed by atoms with Gasteiger partial charge in [-0.25, -0.2) is 0 Å². The van der Waals surface area contributed by atoms with Gasteiger partial charge in [0.15, 0.2) is 20.4 Å². The first-order chi connectivity index (χ1) is 10.1. The molecule has 0 amide bonds. The van der Waals surface area contributed by atoms with Crippen LogP contribution in [0.1, 0.15) is 50.4 Å². The molecule has 1 aromatic heterocycles. The molecule has 3 nitrogen and oxygen atoms in total. The zero-order valence-corrected chi connectivity index (χ0v) is 15.6. The van der Waals surface area contributed by atoms with Crippen molar-refractivity contribution >= 4 is 20.7 Å². The van der Waals surface area contributed by atoms with E-state index in [1.165, 1.54) is 0 Å². The molecule has 0 saturated heterocycles. The summed E-state index contributed by atoms with van der Waals surface area (Å²) in [5, 5.41) is 0.172. The van der Waals surface area contributed by atoms with Crippen LogP contribution in [0.15, 0.2) is 34.8 Å². The lowest BCUT2D eigenvalue weighted by molar-refractivity contribution is 0.110. The van der Waals surface area contributed by atoms with Gasteiger partial charge in [-0.2, -0.15) is 0 Å². The van der Waals surface area contributed by atoms with Gasteiger partial charge in [0.1, 0.15) is 5.76 Å². The van der Waals surface area contributed by atoms with Crippen LogP contribution in [0.5, 0.6) is 0 Å². The highest BCUT2D eigenvalue weighted by Crippen LogP contribution is 2.38. The summed E-state index contributed by atoms with van der Waals surface area (Å²) in [6.07, 6.45) is 5.29. The van der Waals surface area contributed by atoms with Crippen LogP contribution in [0.3, 0.4) is 0 Å². The smallest absolute Gasteiger partial charge is 0.192 e. The molecule has 1 rings (SSSR count). The van der Waals surface area contributed by atoms with E-state index in [1.54, 1.807) is 12.1 Å². The first-order valence-corrected chi connectivity index (χ1v) is 10.5. The van der Waals surface area contributed by atoms with Crippen molar-refractivity contribution < 1.29 is 13.6 Å². The van der Waals surface area contributed by atoms with Crippen LogP contribution in [0.2, 0.25) is 18.1 Å². The second-order valence-electron chi connectivity index (χ2n) is 7.21. The van der Waals surface area contributed by atoms with E-state index in [0.29, 0.717) is 17.8 Å². The highest BCUT2D eigenvalue weighted by molar-refractivity contribution is 6.74. The zero-order chi connectivity index (χ0) is 17.0. The van der Waals surface area contributed by atoms with Gasteiger partial charge in [-0.15, -0.1) is 6.58 Å². The Kier molecular flexibility index (Phi) is 6.14. The second kappa shape index (κ2) is 7.25. The molecule has 1 atom stereocenters. The Bertz CT molecular complexity index is 547. The van der Waals surface area contributed by atoms with E-state index in [2.05, 4.69) is 40.4 Å². The van der Waals surface area contributed by atoms with Gasteiger partial charge in [0.2, 0.25) is 0 Å². The third-order valence-corrected chi connectivity index (χ3v) is 8.69. The minimum Gasteiger partial charge on any atom is -0.454 e. The van der Waals surface area contributed by atoms with Gasteiger partial charge >= 0.3 is 0 Å². The van der Waals surface area contributed by atoms with Gasteiger partial charge in [-0.05, 0) is 49.7 Å². The molecule has 0 aliphatic rings. The molecule has 4 heteroatoms. The Balaban J connectivity index is 2.77. The summed E-state index contributed by atoms with van der Waals surface area (Å²) in [6, 6.07) is 3.47. The van der Waals surface area contributed by atoms with Gasteiger partial charge in [-0.3, -0.25) is 4.79 Å². The number of hydrogen-bond acceptors (Lipinski definition) is 3. The van der Waals surface area contributed by atoms with Crippen molar-refractivity contribution in [2.24, 2.45) is 0 Å². The first-order valence-electron chi connectivity index (χ1n) is 7.61. The summed E-state index contributed by atoms with van der Waals surface area (Å²) in [5.41, 5.74) is 1.13. The number of hydrogen-bond donors (Lipinski definition) is 0. The van der Waals surface area contributed by atoms with Gasteiger partial charge < -0.3 is 8.84 Å². The Labute approximate surface area is 135 Å². The van der Waals surface area contributed by atoms with E-state index in [9.17, 15) is 4.79 Å². The molecule has 0 aliphatic carbocycles. The fourth-order valence-corrected chi connectivity index (χ4v) is 3.15. The molecule has 22 heavy (non-hydrogen) atoms. The van der Waals surface area contributed by atoms with E-state index >= 15 is 0 Å². The van der Waals surface area contributed by atoms with Crippen molar-refractivity contribution in [2.45, 2.75) is 58.4 Å². The summed E-state index contributed by atoms with van der Waals surface area (Å²) < 4.78 is 11.8. The maximum atomic E-state index is 10.6. The van der Waals surface area contributed by atoms with Gasteiger partial charge in [-0.1, -0.05) is 32.4 Å². The highest BCUT2D eigenvalue weighted by Gasteiger charge is 2.38. The Morgan fingerprint density at radius 2 is 1.95 bits per heavy atom. The average molecular weight is 321 g/mol. The SMILES string of the molecule is C=C[C@H](C/C(C)=C/c1ccc(C=O)o1)O[Si](C)(C)C(C)(C)C. The summed E-state index contributed by atoms with van der Waals surface area (Å²) in [7, 11) is -1.82. The van der Waals surface area contributed by atoms with E-state index in [-0.39, 0.29) is 11.1 Å². The molecule has 0 bridgehead atoms. The fourth-order valence-electron chi connectivity index (χ4n) is 1.86. The topological polar surface area (TPSA) is 39.4 Å². The quantitative estimate of drug-likeness (QED) is 0.380. The van der Waals surface area contributed by atoms with Crippen LogP contribution < -0.4 is 0 Å². The Morgan fingerprint density at radius 3 is 2.41 bits per heavy atom. The molecule has 0 spiro atoms. The predicted octanol–water partition coefficient (Wildman–Crippen LogP) is 5.46. The predicted molar refractivity (Wildman–Crippen MR) is 94.6 cm³/mol. The number of carbonyl (C=O) groups excluding carboxylic acids is 1. The molecule has 0 aromatic carbocycles. The molecule has 0 fully saturated rings. The molecule has 1 heterocycles. The fraction of sp³-hybridized carbons (Fsp3) is 0.500. The highest BCUT2D eigenvalue weighted by atomic mass is 28.4. The largest absolute Gasteiger partial charge is 0.454 e. The first kappa shape index (κ1) is 18.7. The summed E-state index contributed by atoms with van der Waals surface area (Å²) in [6.45, 7) is 17.1. The Morgan fingerprint density at radius 1 is 1.36 bits per heavy atom. The normalized spacial score (nSPS) is 14.7.